The van der Waals surface area contributed by atoms with E-state index in [4.69, 9.17) is 19.4 Å². The van der Waals surface area contributed by atoms with Gasteiger partial charge in [0, 0.05) is 43.7 Å². The Balaban J connectivity index is 1.08. The molecule has 6 heteroatoms. The maximum Gasteiger partial charge on any atom is 0.167 e. The van der Waals surface area contributed by atoms with Gasteiger partial charge in [0.1, 0.15) is 11.2 Å². The van der Waals surface area contributed by atoms with Crippen molar-refractivity contribution in [3.63, 3.8) is 0 Å². The first-order valence-electron chi connectivity index (χ1n) is 21.9. The lowest BCUT2D eigenvalue weighted by atomic mass is 10.0. The van der Waals surface area contributed by atoms with E-state index in [1.54, 1.807) is 0 Å². The van der Waals surface area contributed by atoms with E-state index in [1.165, 1.54) is 21.5 Å². The van der Waals surface area contributed by atoms with Crippen molar-refractivity contribution in [3.05, 3.63) is 212 Å². The quantitative estimate of drug-likeness (QED) is 0.173. The third kappa shape index (κ3) is 5.31. The molecule has 0 saturated carbocycles. The molecule has 14 aromatic rings. The lowest BCUT2D eigenvalue weighted by molar-refractivity contribution is 0.669. The van der Waals surface area contributed by atoms with Gasteiger partial charge in [-0.3, -0.25) is 0 Å². The molecule has 0 aliphatic heterocycles. The number of benzene rings is 10. The number of hydrogen-bond acceptors (Lipinski definition) is 4. The molecular weight excluding hydrogens is 795 g/mol. The summed E-state index contributed by atoms with van der Waals surface area (Å²) in [5, 5.41) is 11.3. The van der Waals surface area contributed by atoms with Crippen molar-refractivity contribution in [2.45, 2.75) is 0 Å². The lowest BCUT2D eigenvalue weighted by Crippen LogP contribution is -2.03. The van der Waals surface area contributed by atoms with Crippen molar-refractivity contribution < 1.29 is 4.42 Å². The van der Waals surface area contributed by atoms with Gasteiger partial charge in [-0.15, -0.1) is 0 Å². The molecule has 302 valence electrons. The van der Waals surface area contributed by atoms with Crippen molar-refractivity contribution >= 4 is 87.1 Å². The van der Waals surface area contributed by atoms with Crippen molar-refractivity contribution in [1.82, 2.24) is 24.1 Å². The molecule has 0 radical (unpaired) electrons. The van der Waals surface area contributed by atoms with Gasteiger partial charge in [0.05, 0.1) is 38.7 Å². The zero-order valence-electron chi connectivity index (χ0n) is 34.9. The van der Waals surface area contributed by atoms with Crippen LogP contribution in [0.15, 0.2) is 217 Å². The summed E-state index contributed by atoms with van der Waals surface area (Å²) < 4.78 is 11.7. The predicted molar refractivity (Wildman–Crippen MR) is 267 cm³/mol. The molecule has 0 N–H and O–H groups in total. The molecule has 0 saturated heterocycles. The summed E-state index contributed by atoms with van der Waals surface area (Å²) in [5.74, 6) is 1.69. The van der Waals surface area contributed by atoms with E-state index in [2.05, 4.69) is 209 Å². The summed E-state index contributed by atoms with van der Waals surface area (Å²) >= 11 is 0. The minimum absolute atomic E-state index is 0.529. The Labute approximate surface area is 371 Å². The van der Waals surface area contributed by atoms with E-state index in [0.717, 1.165) is 88.0 Å². The monoisotopic (exact) mass is 829 g/mol. The van der Waals surface area contributed by atoms with Crippen molar-refractivity contribution in [1.29, 1.82) is 0 Å². The number of nitrogens with zero attached hydrogens (tertiary/aromatic N) is 5. The summed E-state index contributed by atoms with van der Waals surface area (Å²) in [6, 6.07) is 74.9. The molecule has 0 unspecified atom stereocenters. The van der Waals surface area contributed by atoms with E-state index in [-0.39, 0.29) is 0 Å². The average Bonchev–Trinajstić information content (AvgIpc) is 4.03. The van der Waals surface area contributed by atoms with Crippen LogP contribution in [0.4, 0.5) is 0 Å². The highest BCUT2D eigenvalue weighted by molar-refractivity contribution is 6.18. The molecule has 0 aliphatic carbocycles. The summed E-state index contributed by atoms with van der Waals surface area (Å²) in [6.07, 6.45) is 0. The Bertz CT molecular complexity index is 4250. The fraction of sp³-hybridized carbons (Fsp3) is 0. The van der Waals surface area contributed by atoms with Crippen LogP contribution in [0.2, 0.25) is 0 Å². The van der Waals surface area contributed by atoms with Crippen LogP contribution in [-0.2, 0) is 0 Å². The van der Waals surface area contributed by atoms with Gasteiger partial charge in [0.15, 0.2) is 17.5 Å². The second-order valence-corrected chi connectivity index (χ2v) is 16.7. The predicted octanol–water partition coefficient (Wildman–Crippen LogP) is 15.3. The number of fused-ring (bicyclic) bond motifs is 11. The molecule has 4 heterocycles. The highest BCUT2D eigenvalue weighted by Crippen LogP contribution is 2.44. The van der Waals surface area contributed by atoms with Crippen molar-refractivity contribution in [2.24, 2.45) is 0 Å². The number of para-hydroxylation sites is 5. The zero-order chi connectivity index (χ0) is 42.6. The Kier molecular flexibility index (Phi) is 7.59. The molecule has 0 spiro atoms. The maximum atomic E-state index is 7.00. The van der Waals surface area contributed by atoms with E-state index >= 15 is 0 Å². The fourth-order valence-corrected chi connectivity index (χ4v) is 10.3. The molecule has 65 heavy (non-hydrogen) atoms. The largest absolute Gasteiger partial charge is 0.455 e. The Morgan fingerprint density at radius 3 is 1.69 bits per heavy atom. The number of hydrogen-bond donors (Lipinski definition) is 0. The van der Waals surface area contributed by atoms with Gasteiger partial charge >= 0.3 is 0 Å². The van der Waals surface area contributed by atoms with Crippen LogP contribution in [0.3, 0.4) is 0 Å². The number of furan rings is 1. The van der Waals surface area contributed by atoms with Crippen LogP contribution in [0.5, 0.6) is 0 Å². The van der Waals surface area contributed by atoms with Gasteiger partial charge in [-0.25, -0.2) is 15.0 Å². The van der Waals surface area contributed by atoms with Crippen molar-refractivity contribution in [3.8, 4) is 45.5 Å². The van der Waals surface area contributed by atoms with Gasteiger partial charge in [0.2, 0.25) is 0 Å². The normalized spacial score (nSPS) is 12.0. The minimum Gasteiger partial charge on any atom is -0.455 e. The Hall–Kier alpha value is -8.87. The van der Waals surface area contributed by atoms with E-state index < -0.39 is 0 Å². The summed E-state index contributed by atoms with van der Waals surface area (Å²) in [5.41, 5.74) is 10.6. The smallest absolute Gasteiger partial charge is 0.167 e. The number of rotatable bonds is 5. The van der Waals surface area contributed by atoms with Gasteiger partial charge in [0.25, 0.3) is 0 Å². The molecule has 0 aliphatic rings. The highest BCUT2D eigenvalue weighted by atomic mass is 16.3. The minimum atomic E-state index is 0.529. The third-order valence-corrected chi connectivity index (χ3v) is 13.1. The van der Waals surface area contributed by atoms with Crippen LogP contribution >= 0.6 is 0 Å². The zero-order valence-corrected chi connectivity index (χ0v) is 34.9. The number of aromatic nitrogens is 5. The molecular formula is C59H35N5O. The van der Waals surface area contributed by atoms with E-state index in [9.17, 15) is 0 Å². The lowest BCUT2D eigenvalue weighted by Gasteiger charge is -2.14. The third-order valence-electron chi connectivity index (χ3n) is 13.1. The molecule has 0 atom stereocenters. The molecule has 0 fully saturated rings. The molecule has 10 aromatic carbocycles. The van der Waals surface area contributed by atoms with Crippen LogP contribution in [-0.4, -0.2) is 24.1 Å². The average molecular weight is 830 g/mol. The van der Waals surface area contributed by atoms with Gasteiger partial charge in [-0.2, -0.15) is 0 Å². The van der Waals surface area contributed by atoms with Crippen LogP contribution in [0, 0.1) is 0 Å². The first kappa shape index (κ1) is 35.7. The standard InChI is InChI=1S/C59H35N5O/c1-2-20-39(21-3-1)63-49-29-11-8-23-41(49)43-26-15-28-46(55(43)63)58-60-57(44-27-14-19-36-16-6-7-22-40(36)44)61-59(62-58)47-32-33-51(54-45-25-10-13-31-53(45)65-56(47)54)64-50-30-12-9-24-42(50)48-34-37-17-4-5-18-38(37)35-52(48)64/h1-35H. The Morgan fingerprint density at radius 2 is 0.892 bits per heavy atom. The van der Waals surface area contributed by atoms with Crippen LogP contribution in [0.1, 0.15) is 0 Å². The highest BCUT2D eigenvalue weighted by Gasteiger charge is 2.25. The molecule has 6 nitrogen and oxygen atoms in total. The summed E-state index contributed by atoms with van der Waals surface area (Å²) in [6.45, 7) is 0. The molecule has 14 rings (SSSR count). The van der Waals surface area contributed by atoms with Crippen LogP contribution < -0.4 is 0 Å². The second kappa shape index (κ2) is 13.8. The second-order valence-electron chi connectivity index (χ2n) is 16.7. The molecule has 4 aromatic heterocycles. The Morgan fingerprint density at radius 1 is 0.338 bits per heavy atom. The SMILES string of the molecule is c1ccc(-n2c3ccccc3c3cccc(-c4nc(-c5cccc6ccccc56)nc(-c5ccc(-n6c7ccccc7c7cc8ccccc8cc76)c6c5oc5ccccc56)n4)c32)cc1. The van der Waals surface area contributed by atoms with E-state index in [0.29, 0.717) is 23.1 Å². The fourth-order valence-electron chi connectivity index (χ4n) is 10.3. The topological polar surface area (TPSA) is 61.7 Å². The summed E-state index contributed by atoms with van der Waals surface area (Å²) in [4.78, 5) is 16.3. The van der Waals surface area contributed by atoms with Crippen LogP contribution in [0.25, 0.3) is 133 Å². The summed E-state index contributed by atoms with van der Waals surface area (Å²) in [7, 11) is 0. The first-order chi connectivity index (χ1) is 32.2. The molecule has 0 bridgehead atoms. The maximum absolute atomic E-state index is 7.00. The molecule has 0 amide bonds. The van der Waals surface area contributed by atoms with Gasteiger partial charge in [-0.1, -0.05) is 152 Å². The first-order valence-corrected chi connectivity index (χ1v) is 21.9. The van der Waals surface area contributed by atoms with Crippen molar-refractivity contribution in [2.75, 3.05) is 0 Å². The van der Waals surface area contributed by atoms with Gasteiger partial charge < -0.3 is 13.6 Å². The van der Waals surface area contributed by atoms with Gasteiger partial charge in [-0.05, 0) is 82.2 Å². The van der Waals surface area contributed by atoms with E-state index in [1.807, 2.05) is 12.1 Å².